The molecule has 0 bridgehead atoms. The third-order valence-corrected chi connectivity index (χ3v) is 2.80. The first kappa shape index (κ1) is 12.0. The Morgan fingerprint density at radius 3 is 2.59 bits per heavy atom. The van der Waals surface area contributed by atoms with Crippen LogP contribution in [-0.4, -0.2) is 5.88 Å². The summed E-state index contributed by atoms with van der Waals surface area (Å²) < 4.78 is 13.5. The Hall–Kier alpha value is -1.52. The number of hydrogen-bond donors (Lipinski definition) is 0. The lowest BCUT2D eigenvalue weighted by atomic mass is 10.0. The van der Waals surface area contributed by atoms with E-state index in [4.69, 9.17) is 11.6 Å². The van der Waals surface area contributed by atoms with Gasteiger partial charge in [-0.3, -0.25) is 0 Å². The van der Waals surface area contributed by atoms with Crippen molar-refractivity contribution in [1.82, 2.24) is 0 Å². The van der Waals surface area contributed by atoms with Gasteiger partial charge in [0, 0.05) is 28.6 Å². The Kier molecular flexibility index (Phi) is 4.01. The highest BCUT2D eigenvalue weighted by molar-refractivity contribution is 6.17. The zero-order chi connectivity index (χ0) is 12.1. The van der Waals surface area contributed by atoms with Crippen LogP contribution in [0.2, 0.25) is 0 Å². The molecule has 2 aromatic carbocycles. The molecule has 0 saturated heterocycles. The maximum atomic E-state index is 13.5. The maximum absolute atomic E-state index is 13.5. The average Bonchev–Trinajstić information content (AvgIpc) is 2.37. The van der Waals surface area contributed by atoms with E-state index in [0.29, 0.717) is 11.3 Å². The molecule has 0 heterocycles. The smallest absolute Gasteiger partial charge is 0.131 e. The summed E-state index contributed by atoms with van der Waals surface area (Å²) in [5, 5.41) is 1.49. The summed E-state index contributed by atoms with van der Waals surface area (Å²) in [6, 6.07) is 10.6. The van der Waals surface area contributed by atoms with Gasteiger partial charge in [0.1, 0.15) is 5.82 Å². The van der Waals surface area contributed by atoms with E-state index in [9.17, 15) is 4.39 Å². The largest absolute Gasteiger partial charge is 0.206 e. The van der Waals surface area contributed by atoms with Crippen molar-refractivity contribution in [1.29, 1.82) is 0 Å². The van der Waals surface area contributed by atoms with Gasteiger partial charge in [0.15, 0.2) is 0 Å². The summed E-state index contributed by atoms with van der Waals surface area (Å²) in [7, 11) is 0. The van der Waals surface area contributed by atoms with Gasteiger partial charge in [-0.2, -0.15) is 0 Å². The number of benzene rings is 2. The lowest BCUT2D eigenvalue weighted by Gasteiger charge is -2.01. The average molecular weight is 247 g/mol. The van der Waals surface area contributed by atoms with Crippen LogP contribution in [0.25, 0.3) is 10.8 Å². The van der Waals surface area contributed by atoms with E-state index in [1.54, 1.807) is 12.1 Å². The molecule has 0 fully saturated rings. The lowest BCUT2D eigenvalue weighted by Crippen LogP contribution is -1.84. The van der Waals surface area contributed by atoms with Crippen LogP contribution in [0, 0.1) is 17.7 Å². The Balaban J connectivity index is 2.40. The van der Waals surface area contributed by atoms with Crippen molar-refractivity contribution in [3.8, 4) is 11.8 Å². The molecular formula is C15H12ClF. The summed E-state index contributed by atoms with van der Waals surface area (Å²) >= 11 is 5.58. The second-order valence-electron chi connectivity index (χ2n) is 3.73. The van der Waals surface area contributed by atoms with Gasteiger partial charge in [-0.25, -0.2) is 4.39 Å². The SMILES string of the molecule is Fc1ccc(C#CCCCCl)c2ccccc12. The van der Waals surface area contributed by atoms with Gasteiger partial charge in [-0.15, -0.1) is 11.6 Å². The molecule has 0 N–H and O–H groups in total. The molecule has 0 unspecified atom stereocenters. The molecule has 2 aromatic rings. The highest BCUT2D eigenvalue weighted by Crippen LogP contribution is 2.20. The summed E-state index contributed by atoms with van der Waals surface area (Å²) in [6.07, 6.45) is 1.66. The minimum Gasteiger partial charge on any atom is -0.206 e. The first-order valence-corrected chi connectivity index (χ1v) is 6.08. The number of alkyl halides is 1. The quantitative estimate of drug-likeness (QED) is 0.420. The second kappa shape index (κ2) is 5.70. The fraction of sp³-hybridized carbons (Fsp3) is 0.200. The fourth-order valence-corrected chi connectivity index (χ4v) is 1.82. The molecule has 2 rings (SSSR count). The maximum Gasteiger partial charge on any atom is 0.131 e. The predicted molar refractivity (Wildman–Crippen MR) is 70.7 cm³/mol. The summed E-state index contributed by atoms with van der Waals surface area (Å²) in [5.41, 5.74) is 0.872. The summed E-state index contributed by atoms with van der Waals surface area (Å²) in [5.74, 6) is 6.55. The zero-order valence-electron chi connectivity index (χ0n) is 9.34. The second-order valence-corrected chi connectivity index (χ2v) is 4.11. The van der Waals surface area contributed by atoms with Crippen LogP contribution in [-0.2, 0) is 0 Å². The van der Waals surface area contributed by atoms with Gasteiger partial charge >= 0.3 is 0 Å². The molecule has 2 heteroatoms. The van der Waals surface area contributed by atoms with Gasteiger partial charge in [-0.05, 0) is 18.6 Å². The number of rotatable bonds is 2. The molecule has 0 aliphatic rings. The van der Waals surface area contributed by atoms with Crippen molar-refractivity contribution < 1.29 is 4.39 Å². The van der Waals surface area contributed by atoms with Crippen LogP contribution in [0.3, 0.4) is 0 Å². The Labute approximate surface area is 105 Å². The molecule has 0 saturated carbocycles. The lowest BCUT2D eigenvalue weighted by molar-refractivity contribution is 0.640. The van der Waals surface area contributed by atoms with E-state index in [2.05, 4.69) is 11.8 Å². The predicted octanol–water partition coefficient (Wildman–Crippen LogP) is 4.35. The zero-order valence-corrected chi connectivity index (χ0v) is 10.1. The topological polar surface area (TPSA) is 0 Å². The Morgan fingerprint density at radius 2 is 1.82 bits per heavy atom. The molecule has 86 valence electrons. The van der Waals surface area contributed by atoms with Crippen molar-refractivity contribution in [3.63, 3.8) is 0 Å². The van der Waals surface area contributed by atoms with Crippen LogP contribution in [0.5, 0.6) is 0 Å². The van der Waals surface area contributed by atoms with Crippen molar-refractivity contribution in [2.24, 2.45) is 0 Å². The molecule has 0 atom stereocenters. The van der Waals surface area contributed by atoms with E-state index in [1.807, 2.05) is 18.2 Å². The van der Waals surface area contributed by atoms with Gasteiger partial charge < -0.3 is 0 Å². The highest BCUT2D eigenvalue weighted by atomic mass is 35.5. The molecule has 0 aliphatic carbocycles. The molecule has 0 spiro atoms. The van der Waals surface area contributed by atoms with Gasteiger partial charge in [0.05, 0.1) is 0 Å². The van der Waals surface area contributed by atoms with Crippen molar-refractivity contribution >= 4 is 22.4 Å². The van der Waals surface area contributed by atoms with Gasteiger partial charge in [0.25, 0.3) is 0 Å². The van der Waals surface area contributed by atoms with Crippen molar-refractivity contribution in [3.05, 3.63) is 47.8 Å². The first-order valence-electron chi connectivity index (χ1n) is 5.55. The molecule has 0 aliphatic heterocycles. The number of hydrogen-bond acceptors (Lipinski definition) is 0. The highest BCUT2D eigenvalue weighted by Gasteiger charge is 2.02. The summed E-state index contributed by atoms with van der Waals surface area (Å²) in [6.45, 7) is 0. The monoisotopic (exact) mass is 246 g/mol. The molecule has 0 aromatic heterocycles. The molecule has 0 amide bonds. The fourth-order valence-electron chi connectivity index (χ4n) is 1.68. The van der Waals surface area contributed by atoms with E-state index in [0.717, 1.165) is 23.8 Å². The summed E-state index contributed by atoms with van der Waals surface area (Å²) in [4.78, 5) is 0. The standard InChI is InChI=1S/C15H12ClF/c16-11-5-1-2-6-12-9-10-15(17)14-8-4-3-7-13(12)14/h3-4,7-10H,1,5,11H2. The van der Waals surface area contributed by atoms with Crippen LogP contribution in [0.1, 0.15) is 18.4 Å². The van der Waals surface area contributed by atoms with E-state index in [-0.39, 0.29) is 5.82 Å². The molecule has 0 radical (unpaired) electrons. The Bertz CT molecular complexity index is 578. The van der Waals surface area contributed by atoms with Crippen molar-refractivity contribution in [2.45, 2.75) is 12.8 Å². The van der Waals surface area contributed by atoms with Crippen molar-refractivity contribution in [2.75, 3.05) is 5.88 Å². The third kappa shape index (κ3) is 2.78. The van der Waals surface area contributed by atoms with Gasteiger partial charge in [0.2, 0.25) is 0 Å². The van der Waals surface area contributed by atoms with Crippen LogP contribution >= 0.6 is 11.6 Å². The first-order chi connectivity index (χ1) is 8.33. The molecule has 0 nitrogen and oxygen atoms in total. The van der Waals surface area contributed by atoms with E-state index in [1.165, 1.54) is 6.07 Å². The molecular weight excluding hydrogens is 235 g/mol. The van der Waals surface area contributed by atoms with Gasteiger partial charge in [-0.1, -0.05) is 36.1 Å². The van der Waals surface area contributed by atoms with Crippen LogP contribution in [0.4, 0.5) is 4.39 Å². The normalized spacial score (nSPS) is 10.0. The minimum atomic E-state index is -0.202. The number of unbranched alkanes of at least 4 members (excludes halogenated alkanes) is 1. The number of fused-ring (bicyclic) bond motifs is 1. The minimum absolute atomic E-state index is 0.202. The molecule has 17 heavy (non-hydrogen) atoms. The third-order valence-electron chi connectivity index (χ3n) is 2.53. The van der Waals surface area contributed by atoms with Crippen LogP contribution in [0.15, 0.2) is 36.4 Å². The Morgan fingerprint density at radius 1 is 1.06 bits per heavy atom. The van der Waals surface area contributed by atoms with E-state index >= 15 is 0 Å². The number of halogens is 2. The van der Waals surface area contributed by atoms with Crippen LogP contribution < -0.4 is 0 Å². The van der Waals surface area contributed by atoms with E-state index < -0.39 is 0 Å².